The van der Waals surface area contributed by atoms with Crippen LogP contribution in [0, 0.1) is 11.8 Å². The van der Waals surface area contributed by atoms with Crippen molar-refractivity contribution < 1.29 is 31.6 Å². The van der Waals surface area contributed by atoms with Gasteiger partial charge in [-0.15, -0.1) is 0 Å². The molecule has 0 amide bonds. The first-order valence-electron chi connectivity index (χ1n) is 10.0. The van der Waals surface area contributed by atoms with E-state index in [2.05, 4.69) is 0 Å². The molecule has 0 spiro atoms. The van der Waals surface area contributed by atoms with Gasteiger partial charge in [-0.3, -0.25) is 8.98 Å². The van der Waals surface area contributed by atoms with Crippen molar-refractivity contribution in [2.45, 2.75) is 44.8 Å². The summed E-state index contributed by atoms with van der Waals surface area (Å²) in [6.07, 6.45) is 4.37. The standard InChI is InChI=1S/C21H26O7S/c1-3-4-14-9-15-19(11-18(14)28-29(2,23)24)27-12-16(21(15)22)13-5-6-17-20(10-13)26-8-7-25-17/h5-6,10,12,14-15,18-19H,3-4,7-9,11H2,1-2H3. The molecule has 0 N–H and O–H groups in total. The van der Waals surface area contributed by atoms with E-state index in [1.807, 2.05) is 19.1 Å². The van der Waals surface area contributed by atoms with Gasteiger partial charge in [-0.25, -0.2) is 0 Å². The van der Waals surface area contributed by atoms with Crippen LogP contribution >= 0.6 is 0 Å². The number of Topliss-reactive ketones (excluding diaryl/α,β-unsaturated/α-hetero) is 1. The van der Waals surface area contributed by atoms with Crippen LogP contribution in [0.25, 0.3) is 5.57 Å². The van der Waals surface area contributed by atoms with E-state index < -0.39 is 16.2 Å². The van der Waals surface area contributed by atoms with Crippen molar-refractivity contribution in [2.75, 3.05) is 19.5 Å². The molecule has 4 unspecified atom stereocenters. The van der Waals surface area contributed by atoms with Gasteiger partial charge in [0.1, 0.15) is 19.3 Å². The summed E-state index contributed by atoms with van der Waals surface area (Å²) in [6, 6.07) is 5.45. The normalized spacial score (nSPS) is 28.9. The van der Waals surface area contributed by atoms with Crippen LogP contribution < -0.4 is 9.47 Å². The van der Waals surface area contributed by atoms with Crippen molar-refractivity contribution in [1.82, 2.24) is 0 Å². The van der Waals surface area contributed by atoms with Gasteiger partial charge in [-0.1, -0.05) is 19.4 Å². The maximum Gasteiger partial charge on any atom is 0.264 e. The fraction of sp³-hybridized carbons (Fsp3) is 0.571. The minimum absolute atomic E-state index is 0.00291. The molecule has 1 aliphatic carbocycles. The highest BCUT2D eigenvalue weighted by Gasteiger charge is 2.45. The Bertz CT molecular complexity index is 921. The summed E-state index contributed by atoms with van der Waals surface area (Å²) in [5.41, 5.74) is 1.25. The molecular formula is C21H26O7S. The lowest BCUT2D eigenvalue weighted by molar-refractivity contribution is -0.128. The van der Waals surface area contributed by atoms with Crippen LogP contribution in [0.2, 0.25) is 0 Å². The predicted molar refractivity (Wildman–Crippen MR) is 106 cm³/mol. The lowest BCUT2D eigenvalue weighted by atomic mass is 9.71. The lowest BCUT2D eigenvalue weighted by Crippen LogP contribution is -2.46. The third-order valence-corrected chi connectivity index (χ3v) is 6.37. The molecule has 7 nitrogen and oxygen atoms in total. The molecule has 2 aliphatic heterocycles. The van der Waals surface area contributed by atoms with Crippen LogP contribution in [-0.4, -0.2) is 45.9 Å². The molecular weight excluding hydrogens is 396 g/mol. The van der Waals surface area contributed by atoms with Gasteiger partial charge in [0.05, 0.1) is 30.1 Å². The van der Waals surface area contributed by atoms with Gasteiger partial charge in [-0.2, -0.15) is 8.42 Å². The fourth-order valence-corrected chi connectivity index (χ4v) is 5.18. The Morgan fingerprint density at radius 1 is 1.14 bits per heavy atom. The molecule has 158 valence electrons. The van der Waals surface area contributed by atoms with Crippen LogP contribution in [0.15, 0.2) is 24.5 Å². The molecule has 0 bridgehead atoms. The molecule has 1 saturated carbocycles. The van der Waals surface area contributed by atoms with Gasteiger partial charge >= 0.3 is 0 Å². The number of carbonyl (C=O) groups is 1. The van der Waals surface area contributed by atoms with Crippen molar-refractivity contribution in [2.24, 2.45) is 11.8 Å². The van der Waals surface area contributed by atoms with E-state index in [1.165, 1.54) is 6.26 Å². The molecule has 1 aromatic rings. The van der Waals surface area contributed by atoms with Crippen LogP contribution in [-0.2, 0) is 23.8 Å². The first kappa shape index (κ1) is 20.2. The summed E-state index contributed by atoms with van der Waals surface area (Å²) < 4.78 is 45.7. The van der Waals surface area contributed by atoms with E-state index >= 15 is 0 Å². The Labute approximate surface area is 171 Å². The largest absolute Gasteiger partial charge is 0.496 e. The summed E-state index contributed by atoms with van der Waals surface area (Å²) in [7, 11) is -3.57. The Morgan fingerprint density at radius 3 is 2.62 bits per heavy atom. The van der Waals surface area contributed by atoms with Crippen LogP contribution in [0.3, 0.4) is 0 Å². The Hall–Kier alpha value is -2.06. The number of hydrogen-bond donors (Lipinski definition) is 0. The van der Waals surface area contributed by atoms with E-state index in [1.54, 1.807) is 6.07 Å². The van der Waals surface area contributed by atoms with Crippen LogP contribution in [0.1, 0.15) is 38.2 Å². The molecule has 0 aromatic heterocycles. The maximum atomic E-state index is 13.3. The summed E-state index contributed by atoms with van der Waals surface area (Å²) >= 11 is 0. The molecule has 3 aliphatic rings. The van der Waals surface area contributed by atoms with E-state index in [0.717, 1.165) is 24.7 Å². The van der Waals surface area contributed by atoms with E-state index in [0.29, 0.717) is 43.1 Å². The number of carbonyl (C=O) groups excluding carboxylic acids is 1. The van der Waals surface area contributed by atoms with Gasteiger partial charge in [0.2, 0.25) is 0 Å². The molecule has 29 heavy (non-hydrogen) atoms. The summed E-state index contributed by atoms with van der Waals surface area (Å²) in [5.74, 6) is 1.02. The van der Waals surface area contributed by atoms with E-state index in [9.17, 15) is 13.2 Å². The molecule has 0 radical (unpaired) electrons. The second-order valence-corrected chi connectivity index (χ2v) is 9.49. The molecule has 2 heterocycles. The number of rotatable bonds is 5. The van der Waals surface area contributed by atoms with Gasteiger partial charge < -0.3 is 14.2 Å². The number of benzene rings is 1. The average molecular weight is 422 g/mol. The molecule has 1 fully saturated rings. The van der Waals surface area contributed by atoms with Crippen LogP contribution in [0.4, 0.5) is 0 Å². The Balaban J connectivity index is 1.57. The van der Waals surface area contributed by atoms with Crippen molar-refractivity contribution in [1.29, 1.82) is 0 Å². The van der Waals surface area contributed by atoms with Crippen molar-refractivity contribution in [3.8, 4) is 11.5 Å². The number of allylic oxidation sites excluding steroid dienone is 1. The molecule has 4 rings (SSSR count). The van der Waals surface area contributed by atoms with E-state index in [-0.39, 0.29) is 23.7 Å². The second-order valence-electron chi connectivity index (χ2n) is 7.89. The van der Waals surface area contributed by atoms with Gasteiger partial charge in [0, 0.05) is 6.42 Å². The number of ether oxygens (including phenoxy) is 3. The average Bonchev–Trinajstić information content (AvgIpc) is 2.68. The zero-order chi connectivity index (χ0) is 20.6. The van der Waals surface area contributed by atoms with E-state index in [4.69, 9.17) is 18.4 Å². The monoisotopic (exact) mass is 422 g/mol. The molecule has 4 atom stereocenters. The van der Waals surface area contributed by atoms with Gasteiger partial charge in [0.25, 0.3) is 10.1 Å². The topological polar surface area (TPSA) is 88.1 Å². The minimum Gasteiger partial charge on any atom is -0.496 e. The third-order valence-electron chi connectivity index (χ3n) is 5.77. The molecule has 1 aromatic carbocycles. The Morgan fingerprint density at radius 2 is 1.90 bits per heavy atom. The van der Waals surface area contributed by atoms with Crippen molar-refractivity contribution in [3.63, 3.8) is 0 Å². The highest BCUT2D eigenvalue weighted by molar-refractivity contribution is 7.86. The predicted octanol–water partition coefficient (Wildman–Crippen LogP) is 2.94. The zero-order valence-corrected chi connectivity index (χ0v) is 17.4. The molecule has 8 heteroatoms. The number of fused-ring (bicyclic) bond motifs is 2. The quantitative estimate of drug-likeness (QED) is 0.674. The van der Waals surface area contributed by atoms with Crippen molar-refractivity contribution >= 4 is 21.5 Å². The second kappa shape index (κ2) is 7.99. The number of ketones is 1. The third kappa shape index (κ3) is 4.28. The van der Waals surface area contributed by atoms with Crippen molar-refractivity contribution in [3.05, 3.63) is 30.0 Å². The smallest absolute Gasteiger partial charge is 0.264 e. The minimum atomic E-state index is -3.57. The lowest BCUT2D eigenvalue weighted by Gasteiger charge is -2.41. The number of hydrogen-bond acceptors (Lipinski definition) is 7. The zero-order valence-electron chi connectivity index (χ0n) is 16.6. The fourth-order valence-electron chi connectivity index (χ4n) is 4.49. The maximum absolute atomic E-state index is 13.3. The molecule has 0 saturated heterocycles. The summed E-state index contributed by atoms with van der Waals surface area (Å²) in [5, 5.41) is 0. The van der Waals surface area contributed by atoms with Crippen LogP contribution in [0.5, 0.6) is 11.5 Å². The Kier molecular flexibility index (Phi) is 5.57. The van der Waals surface area contributed by atoms with Gasteiger partial charge in [-0.05, 0) is 36.5 Å². The first-order chi connectivity index (χ1) is 13.9. The summed E-state index contributed by atoms with van der Waals surface area (Å²) in [4.78, 5) is 13.3. The highest BCUT2D eigenvalue weighted by Crippen LogP contribution is 2.42. The summed E-state index contributed by atoms with van der Waals surface area (Å²) in [6.45, 7) is 3.03. The first-order valence-corrected chi connectivity index (χ1v) is 11.9. The SMILES string of the molecule is CCCC1CC2C(=O)C(c3ccc4c(c3)OCCO4)=COC2CC1OS(C)(=O)=O. The highest BCUT2D eigenvalue weighted by atomic mass is 32.2. The van der Waals surface area contributed by atoms with Gasteiger partial charge in [0.15, 0.2) is 17.3 Å².